The Bertz CT molecular complexity index is 915. The maximum absolute atomic E-state index is 13.6. The number of ether oxygens (including phenoxy) is 1. The van der Waals surface area contributed by atoms with Crippen LogP contribution in [0.1, 0.15) is 54.8 Å². The largest absolute Gasteiger partial charge is 0.385 e. The highest BCUT2D eigenvalue weighted by Crippen LogP contribution is 2.39. The highest BCUT2D eigenvalue weighted by Gasteiger charge is 2.36. The number of benzene rings is 1. The predicted octanol–water partition coefficient (Wildman–Crippen LogP) is 4.44. The summed E-state index contributed by atoms with van der Waals surface area (Å²) in [7, 11) is 1.65. The molecule has 31 heavy (non-hydrogen) atoms. The van der Waals surface area contributed by atoms with Gasteiger partial charge in [0.05, 0.1) is 12.6 Å². The normalized spacial score (nSPS) is 16.2. The zero-order valence-corrected chi connectivity index (χ0v) is 20.1. The number of rotatable bonds is 7. The van der Waals surface area contributed by atoms with E-state index >= 15 is 0 Å². The Balaban J connectivity index is 1.88. The van der Waals surface area contributed by atoms with Crippen molar-refractivity contribution in [2.75, 3.05) is 33.4 Å². The second-order valence-electron chi connectivity index (χ2n) is 9.22. The Morgan fingerprint density at radius 2 is 1.94 bits per heavy atom. The molecule has 1 aromatic carbocycles. The number of methoxy groups -OCH3 is 1. The molecule has 1 aromatic heterocycles. The van der Waals surface area contributed by atoms with Crippen molar-refractivity contribution in [3.05, 3.63) is 57.3 Å². The average molecular weight is 443 g/mol. The number of amides is 2. The van der Waals surface area contributed by atoms with Crippen LogP contribution in [0.4, 0.5) is 0 Å². The van der Waals surface area contributed by atoms with Crippen molar-refractivity contribution in [2.24, 2.45) is 5.41 Å². The maximum Gasteiger partial charge on any atom is 0.242 e. The van der Waals surface area contributed by atoms with E-state index in [0.717, 1.165) is 12.0 Å². The molecule has 0 aliphatic carbocycles. The van der Waals surface area contributed by atoms with E-state index in [1.165, 1.54) is 16.0 Å². The van der Waals surface area contributed by atoms with Gasteiger partial charge in [-0.3, -0.25) is 9.59 Å². The molecule has 1 unspecified atom stereocenters. The summed E-state index contributed by atoms with van der Waals surface area (Å²) in [6.45, 7) is 9.65. The van der Waals surface area contributed by atoms with E-state index in [9.17, 15) is 9.59 Å². The fraction of sp³-hybridized carbons (Fsp3) is 0.520. The highest BCUT2D eigenvalue weighted by atomic mass is 32.1. The molecule has 0 spiro atoms. The van der Waals surface area contributed by atoms with E-state index in [1.54, 1.807) is 23.3 Å². The van der Waals surface area contributed by atoms with Crippen molar-refractivity contribution >= 4 is 23.2 Å². The Hall–Kier alpha value is -2.18. The van der Waals surface area contributed by atoms with Crippen LogP contribution in [0.3, 0.4) is 0 Å². The van der Waals surface area contributed by atoms with E-state index in [0.29, 0.717) is 26.1 Å². The van der Waals surface area contributed by atoms with Crippen LogP contribution in [-0.2, 0) is 20.7 Å². The molecule has 3 rings (SSSR count). The van der Waals surface area contributed by atoms with Crippen LogP contribution in [0.15, 0.2) is 35.7 Å². The first-order valence-electron chi connectivity index (χ1n) is 10.9. The number of carbonyl (C=O) groups is 2. The molecule has 2 heterocycles. The first-order valence-corrected chi connectivity index (χ1v) is 11.8. The summed E-state index contributed by atoms with van der Waals surface area (Å²) in [6, 6.07) is 10.3. The van der Waals surface area contributed by atoms with Gasteiger partial charge in [-0.05, 0) is 47.9 Å². The molecule has 1 aliphatic rings. The number of hydrogen-bond donors (Lipinski definition) is 0. The summed E-state index contributed by atoms with van der Waals surface area (Å²) in [6.07, 6.45) is 1.57. The van der Waals surface area contributed by atoms with Gasteiger partial charge in [0.2, 0.25) is 11.8 Å². The lowest BCUT2D eigenvalue weighted by Gasteiger charge is -2.39. The number of fused-ring (bicyclic) bond motifs is 1. The Kier molecular flexibility index (Phi) is 7.55. The average Bonchev–Trinajstić information content (AvgIpc) is 3.20. The molecule has 6 heteroatoms. The van der Waals surface area contributed by atoms with Crippen molar-refractivity contribution in [3.8, 4) is 0 Å². The second kappa shape index (κ2) is 9.96. The van der Waals surface area contributed by atoms with Gasteiger partial charge in [0.15, 0.2) is 0 Å². The van der Waals surface area contributed by atoms with Crippen LogP contribution in [0.25, 0.3) is 0 Å². The van der Waals surface area contributed by atoms with Crippen LogP contribution >= 0.6 is 11.3 Å². The molecule has 5 nitrogen and oxygen atoms in total. The van der Waals surface area contributed by atoms with E-state index in [2.05, 4.69) is 30.5 Å². The smallest absolute Gasteiger partial charge is 0.242 e. The predicted molar refractivity (Wildman–Crippen MR) is 125 cm³/mol. The lowest BCUT2D eigenvalue weighted by molar-refractivity contribution is -0.146. The quantitative estimate of drug-likeness (QED) is 0.596. The van der Waals surface area contributed by atoms with Crippen molar-refractivity contribution < 1.29 is 14.3 Å². The zero-order valence-electron chi connectivity index (χ0n) is 19.3. The molecular formula is C25H34N2O3S. The van der Waals surface area contributed by atoms with Crippen LogP contribution < -0.4 is 0 Å². The minimum atomic E-state index is -0.537. The zero-order chi connectivity index (χ0) is 22.6. The fourth-order valence-corrected chi connectivity index (χ4v) is 5.10. The molecule has 0 saturated heterocycles. The summed E-state index contributed by atoms with van der Waals surface area (Å²) in [4.78, 5) is 31.7. The van der Waals surface area contributed by atoms with Gasteiger partial charge in [0.25, 0.3) is 0 Å². The van der Waals surface area contributed by atoms with E-state index < -0.39 is 5.41 Å². The number of nitrogens with zero attached hydrogens (tertiary/aromatic N) is 2. The van der Waals surface area contributed by atoms with E-state index in [-0.39, 0.29) is 24.4 Å². The first-order chi connectivity index (χ1) is 14.7. The second-order valence-corrected chi connectivity index (χ2v) is 10.2. The van der Waals surface area contributed by atoms with Crippen molar-refractivity contribution in [1.29, 1.82) is 0 Å². The monoisotopic (exact) mass is 442 g/mol. The van der Waals surface area contributed by atoms with Gasteiger partial charge in [-0.25, -0.2) is 0 Å². The molecule has 0 fully saturated rings. The molecule has 0 N–H and O–H groups in total. The molecule has 2 amide bonds. The van der Waals surface area contributed by atoms with Gasteiger partial charge in [0.1, 0.15) is 0 Å². The molecule has 0 radical (unpaired) electrons. The third-order valence-electron chi connectivity index (χ3n) is 5.80. The molecule has 2 aromatic rings. The van der Waals surface area contributed by atoms with Gasteiger partial charge in [-0.15, -0.1) is 11.3 Å². The third-order valence-corrected chi connectivity index (χ3v) is 6.80. The Morgan fingerprint density at radius 1 is 1.19 bits per heavy atom. The number of carbonyl (C=O) groups excluding carboxylic acids is 2. The molecule has 168 valence electrons. The molecule has 1 aliphatic heterocycles. The Labute approximate surface area is 190 Å². The van der Waals surface area contributed by atoms with Gasteiger partial charge >= 0.3 is 0 Å². The molecule has 0 saturated carbocycles. The van der Waals surface area contributed by atoms with Crippen LogP contribution in [0, 0.1) is 12.3 Å². The Morgan fingerprint density at radius 3 is 2.61 bits per heavy atom. The first kappa shape index (κ1) is 23.5. The van der Waals surface area contributed by atoms with Gasteiger partial charge in [-0.2, -0.15) is 0 Å². The molecule has 0 bridgehead atoms. The summed E-state index contributed by atoms with van der Waals surface area (Å²) in [5.74, 6) is -0.00209. The van der Waals surface area contributed by atoms with Crippen LogP contribution in [-0.4, -0.2) is 55.0 Å². The highest BCUT2D eigenvalue weighted by molar-refractivity contribution is 7.10. The summed E-state index contributed by atoms with van der Waals surface area (Å²) >= 11 is 1.76. The van der Waals surface area contributed by atoms with Crippen molar-refractivity contribution in [3.63, 3.8) is 0 Å². The van der Waals surface area contributed by atoms with Crippen LogP contribution in [0.2, 0.25) is 0 Å². The minimum absolute atomic E-state index is 0.000111. The van der Waals surface area contributed by atoms with E-state index in [4.69, 9.17) is 4.74 Å². The summed E-state index contributed by atoms with van der Waals surface area (Å²) in [5, 5.41) is 2.12. The molecule has 1 atom stereocenters. The van der Waals surface area contributed by atoms with Crippen molar-refractivity contribution in [1.82, 2.24) is 9.80 Å². The molecular weight excluding hydrogens is 408 g/mol. The third kappa shape index (κ3) is 5.36. The van der Waals surface area contributed by atoms with Gasteiger partial charge < -0.3 is 14.5 Å². The van der Waals surface area contributed by atoms with E-state index in [1.807, 2.05) is 37.8 Å². The number of thiophene rings is 1. The summed E-state index contributed by atoms with van der Waals surface area (Å²) in [5.41, 5.74) is 3.01. The standard InChI is InChI=1S/C25H34N2O3S/c1-18-9-6-7-10-19(18)23-20-12-16-31-21(20)11-14-27(23)22(28)17-26(13-8-15-30-5)24(29)25(2,3)4/h6-7,9-10,12,16,23H,8,11,13-15,17H2,1-5H3. The lowest BCUT2D eigenvalue weighted by Crippen LogP contribution is -2.49. The lowest BCUT2D eigenvalue weighted by atomic mass is 9.90. The fourth-order valence-electron chi connectivity index (χ4n) is 4.19. The summed E-state index contributed by atoms with van der Waals surface area (Å²) < 4.78 is 5.16. The SMILES string of the molecule is COCCCN(CC(=O)N1CCc2sccc2C1c1ccccc1C)C(=O)C(C)(C)C. The van der Waals surface area contributed by atoms with Crippen molar-refractivity contribution in [2.45, 2.75) is 46.6 Å². The van der Waals surface area contributed by atoms with Crippen LogP contribution in [0.5, 0.6) is 0 Å². The van der Waals surface area contributed by atoms with Gasteiger partial charge in [-0.1, -0.05) is 45.0 Å². The number of aryl methyl sites for hydroxylation is 1. The maximum atomic E-state index is 13.6. The minimum Gasteiger partial charge on any atom is -0.385 e. The number of hydrogen-bond acceptors (Lipinski definition) is 4. The topological polar surface area (TPSA) is 49.9 Å². The van der Waals surface area contributed by atoms with Gasteiger partial charge in [0, 0.05) is 37.1 Å².